The highest BCUT2D eigenvalue weighted by Gasteiger charge is 2.16. The van der Waals surface area contributed by atoms with E-state index in [0.29, 0.717) is 5.69 Å². The van der Waals surface area contributed by atoms with Gasteiger partial charge in [-0.2, -0.15) is 5.10 Å². The summed E-state index contributed by atoms with van der Waals surface area (Å²) in [6.07, 6.45) is 3.63. The third-order valence-corrected chi connectivity index (χ3v) is 4.70. The molecule has 6 nitrogen and oxygen atoms in total. The summed E-state index contributed by atoms with van der Waals surface area (Å²) in [6.45, 7) is 1.63. The number of hydrogen-bond acceptors (Lipinski definition) is 5. The fourth-order valence-electron chi connectivity index (χ4n) is 2.39. The number of hydrogen-bond donors (Lipinski definition) is 0. The van der Waals surface area contributed by atoms with Gasteiger partial charge >= 0.3 is 0 Å². The van der Waals surface area contributed by atoms with Crippen LogP contribution in [0.1, 0.15) is 10.5 Å². The average molecular weight is 355 g/mol. The van der Waals surface area contributed by atoms with Crippen LogP contribution in [0.5, 0.6) is 0 Å². The van der Waals surface area contributed by atoms with Crippen molar-refractivity contribution >= 4 is 22.9 Å². The zero-order chi connectivity index (χ0) is 17.8. The number of rotatable bonds is 6. The Kier molecular flexibility index (Phi) is 5.25. The van der Waals surface area contributed by atoms with Crippen LogP contribution in [-0.4, -0.2) is 53.3 Å². The molecule has 0 atom stereocenters. The number of carbonyl (C=O) groups excluding carboxylic acids is 1. The topological polar surface area (TPSA) is 54.3 Å². The minimum Gasteiger partial charge on any atom is -0.310 e. The highest BCUT2D eigenvalue weighted by atomic mass is 32.1. The average Bonchev–Trinajstić information content (AvgIpc) is 3.30. The van der Waals surface area contributed by atoms with Crippen molar-refractivity contribution in [3.8, 4) is 10.6 Å². The molecule has 0 bridgehead atoms. The number of aromatic nitrogens is 3. The van der Waals surface area contributed by atoms with Crippen LogP contribution in [-0.2, 0) is 6.54 Å². The summed E-state index contributed by atoms with van der Waals surface area (Å²) in [6, 6.07) is 9.58. The zero-order valence-electron chi connectivity index (χ0n) is 14.6. The molecule has 2 aromatic heterocycles. The summed E-state index contributed by atoms with van der Waals surface area (Å²) in [4.78, 5) is 20.6. The van der Waals surface area contributed by atoms with E-state index < -0.39 is 0 Å². The molecule has 1 amide bonds. The Labute approximate surface area is 151 Å². The fraction of sp³-hybridized carbons (Fsp3) is 0.278. The van der Waals surface area contributed by atoms with Crippen LogP contribution in [0.4, 0.5) is 5.69 Å². The quantitative estimate of drug-likeness (QED) is 0.682. The maximum absolute atomic E-state index is 12.6. The first-order chi connectivity index (χ1) is 12.0. The van der Waals surface area contributed by atoms with E-state index in [0.717, 1.165) is 29.3 Å². The van der Waals surface area contributed by atoms with Gasteiger partial charge in [-0.25, -0.2) is 4.98 Å². The van der Waals surface area contributed by atoms with Gasteiger partial charge in [-0.15, -0.1) is 11.3 Å². The molecule has 0 aliphatic carbocycles. The van der Waals surface area contributed by atoms with E-state index in [1.165, 1.54) is 0 Å². The van der Waals surface area contributed by atoms with Gasteiger partial charge in [-0.05, 0) is 44.4 Å². The standard InChI is InChI=1S/C18H21N5OS/c1-21(2)11-12-23-10-8-16(20-23)18(24)22(3)15-6-4-14(5-7-15)17-19-9-13-25-17/h4-10,13H,11-12H2,1-3H3. The van der Waals surface area contributed by atoms with E-state index in [1.54, 1.807) is 40.2 Å². The van der Waals surface area contributed by atoms with Crippen LogP contribution in [0.15, 0.2) is 48.1 Å². The van der Waals surface area contributed by atoms with Crippen molar-refractivity contribution < 1.29 is 4.79 Å². The van der Waals surface area contributed by atoms with Gasteiger partial charge in [0, 0.05) is 42.6 Å². The van der Waals surface area contributed by atoms with Crippen molar-refractivity contribution in [2.24, 2.45) is 0 Å². The summed E-state index contributed by atoms with van der Waals surface area (Å²) in [7, 11) is 5.79. The molecule has 3 rings (SSSR count). The molecule has 0 aliphatic rings. The summed E-state index contributed by atoms with van der Waals surface area (Å²) >= 11 is 1.59. The third-order valence-electron chi connectivity index (χ3n) is 3.87. The molecule has 25 heavy (non-hydrogen) atoms. The summed E-state index contributed by atoms with van der Waals surface area (Å²) < 4.78 is 1.80. The molecular weight excluding hydrogens is 334 g/mol. The second kappa shape index (κ2) is 7.58. The predicted molar refractivity (Wildman–Crippen MR) is 101 cm³/mol. The Morgan fingerprint density at radius 2 is 1.92 bits per heavy atom. The maximum atomic E-state index is 12.6. The first-order valence-corrected chi connectivity index (χ1v) is 8.89. The third kappa shape index (κ3) is 4.12. The smallest absolute Gasteiger partial charge is 0.278 e. The maximum Gasteiger partial charge on any atom is 0.278 e. The number of thiazole rings is 1. The number of likely N-dealkylation sites (N-methyl/N-ethyl adjacent to an activating group) is 1. The normalized spacial score (nSPS) is 11.0. The van der Waals surface area contributed by atoms with E-state index >= 15 is 0 Å². The largest absolute Gasteiger partial charge is 0.310 e. The summed E-state index contributed by atoms with van der Waals surface area (Å²) in [5.41, 5.74) is 2.32. The van der Waals surface area contributed by atoms with Crippen LogP contribution in [0.25, 0.3) is 10.6 Å². The lowest BCUT2D eigenvalue weighted by Gasteiger charge is -2.16. The number of amides is 1. The minimum absolute atomic E-state index is 0.120. The molecule has 0 radical (unpaired) electrons. The van der Waals surface area contributed by atoms with Gasteiger partial charge in [0.1, 0.15) is 5.01 Å². The van der Waals surface area contributed by atoms with Gasteiger partial charge in [0.2, 0.25) is 0 Å². The van der Waals surface area contributed by atoms with E-state index in [2.05, 4.69) is 15.0 Å². The SMILES string of the molecule is CN(C)CCn1ccc(C(=O)N(C)c2ccc(-c3nccs3)cc2)n1. The van der Waals surface area contributed by atoms with Crippen LogP contribution < -0.4 is 4.90 Å². The van der Waals surface area contributed by atoms with E-state index in [9.17, 15) is 4.79 Å². The fourth-order valence-corrected chi connectivity index (χ4v) is 3.03. The molecule has 130 valence electrons. The van der Waals surface area contributed by atoms with Gasteiger partial charge < -0.3 is 9.80 Å². The van der Waals surface area contributed by atoms with Crippen LogP contribution in [0, 0.1) is 0 Å². The molecule has 0 aliphatic heterocycles. The van der Waals surface area contributed by atoms with Gasteiger partial charge in [0.05, 0.1) is 6.54 Å². The number of anilines is 1. The van der Waals surface area contributed by atoms with Crippen molar-refractivity contribution in [2.45, 2.75) is 6.54 Å². The minimum atomic E-state index is -0.120. The van der Waals surface area contributed by atoms with Crippen molar-refractivity contribution in [2.75, 3.05) is 32.6 Å². The molecule has 2 heterocycles. The zero-order valence-corrected chi connectivity index (χ0v) is 15.4. The molecule has 0 spiro atoms. The molecule has 0 saturated heterocycles. The second-order valence-corrected chi connectivity index (χ2v) is 6.91. The Morgan fingerprint density at radius 3 is 2.56 bits per heavy atom. The Balaban J connectivity index is 1.70. The van der Waals surface area contributed by atoms with E-state index in [-0.39, 0.29) is 5.91 Å². The van der Waals surface area contributed by atoms with E-state index in [1.807, 2.05) is 49.9 Å². The molecule has 3 aromatic rings. The predicted octanol–water partition coefficient (Wildman–Crippen LogP) is 2.84. The number of nitrogens with zero attached hydrogens (tertiary/aromatic N) is 5. The lowest BCUT2D eigenvalue weighted by molar-refractivity contribution is 0.0987. The van der Waals surface area contributed by atoms with Crippen LogP contribution in [0.3, 0.4) is 0 Å². The van der Waals surface area contributed by atoms with Crippen molar-refractivity contribution in [3.05, 3.63) is 53.8 Å². The lowest BCUT2D eigenvalue weighted by Crippen LogP contribution is -2.27. The highest BCUT2D eigenvalue weighted by molar-refractivity contribution is 7.13. The molecule has 7 heteroatoms. The van der Waals surface area contributed by atoms with Gasteiger partial charge in [-0.1, -0.05) is 0 Å². The van der Waals surface area contributed by atoms with Crippen molar-refractivity contribution in [1.82, 2.24) is 19.7 Å². The number of carbonyl (C=O) groups is 1. The van der Waals surface area contributed by atoms with E-state index in [4.69, 9.17) is 0 Å². The second-order valence-electron chi connectivity index (χ2n) is 6.02. The van der Waals surface area contributed by atoms with Crippen LogP contribution in [0.2, 0.25) is 0 Å². The molecular formula is C18H21N5OS. The summed E-state index contributed by atoms with van der Waals surface area (Å²) in [5.74, 6) is -0.120. The number of benzene rings is 1. The highest BCUT2D eigenvalue weighted by Crippen LogP contribution is 2.24. The summed E-state index contributed by atoms with van der Waals surface area (Å²) in [5, 5.41) is 7.30. The van der Waals surface area contributed by atoms with Crippen molar-refractivity contribution in [1.29, 1.82) is 0 Å². The molecule has 0 fully saturated rings. The molecule has 0 N–H and O–H groups in total. The van der Waals surface area contributed by atoms with Gasteiger partial charge in [0.15, 0.2) is 5.69 Å². The van der Waals surface area contributed by atoms with Crippen molar-refractivity contribution in [3.63, 3.8) is 0 Å². The van der Waals surface area contributed by atoms with Crippen LogP contribution >= 0.6 is 11.3 Å². The Bertz CT molecular complexity index is 824. The molecule has 0 saturated carbocycles. The molecule has 0 unspecified atom stereocenters. The first-order valence-electron chi connectivity index (χ1n) is 8.01. The Hall–Kier alpha value is -2.51. The lowest BCUT2D eigenvalue weighted by atomic mass is 10.2. The van der Waals surface area contributed by atoms with Gasteiger partial charge in [0.25, 0.3) is 5.91 Å². The molecule has 1 aromatic carbocycles. The van der Waals surface area contributed by atoms with Gasteiger partial charge in [-0.3, -0.25) is 9.48 Å². The monoisotopic (exact) mass is 355 g/mol. The first kappa shape index (κ1) is 17.3. The Morgan fingerprint density at radius 1 is 1.16 bits per heavy atom.